The second-order valence-electron chi connectivity index (χ2n) is 7.12. The minimum atomic E-state index is -0.506. The number of aryl methyl sites for hydroxylation is 4. The number of esters is 1. The van der Waals surface area contributed by atoms with Gasteiger partial charge in [0.25, 0.3) is 0 Å². The molecule has 0 fully saturated rings. The summed E-state index contributed by atoms with van der Waals surface area (Å²) in [5.74, 6) is 0.367. The Hall–Kier alpha value is -2.45. The molecular formula is C20H22ClN5O2S. The van der Waals surface area contributed by atoms with Crippen LogP contribution in [-0.2, 0) is 36.0 Å². The van der Waals surface area contributed by atoms with E-state index < -0.39 is 5.97 Å². The smallest absolute Gasteiger partial charge is 0.331 e. The molecule has 3 aromatic heterocycles. The van der Waals surface area contributed by atoms with Crippen molar-refractivity contribution in [1.29, 1.82) is 0 Å². The summed E-state index contributed by atoms with van der Waals surface area (Å²) in [6.45, 7) is 1.79. The minimum Gasteiger partial charge on any atom is -0.454 e. The molecule has 0 atom stereocenters. The second-order valence-corrected chi connectivity index (χ2v) is 8.57. The lowest BCUT2D eigenvalue weighted by Gasteiger charge is -2.05. The number of halogens is 1. The normalized spacial score (nSPS) is 14.3. The van der Waals surface area contributed by atoms with Crippen LogP contribution in [0.2, 0.25) is 5.15 Å². The lowest BCUT2D eigenvalue weighted by atomic mass is 10.1. The first-order valence-corrected chi connectivity index (χ1v) is 10.7. The van der Waals surface area contributed by atoms with Crippen molar-refractivity contribution < 1.29 is 9.53 Å². The van der Waals surface area contributed by atoms with Gasteiger partial charge >= 0.3 is 5.97 Å². The number of aromatic nitrogens is 4. The Morgan fingerprint density at radius 1 is 1.31 bits per heavy atom. The summed E-state index contributed by atoms with van der Waals surface area (Å²) < 4.78 is 6.84. The Morgan fingerprint density at radius 3 is 2.86 bits per heavy atom. The van der Waals surface area contributed by atoms with Gasteiger partial charge in [-0.1, -0.05) is 18.0 Å². The monoisotopic (exact) mass is 431 g/mol. The van der Waals surface area contributed by atoms with Gasteiger partial charge in [-0.05, 0) is 44.2 Å². The van der Waals surface area contributed by atoms with Gasteiger partial charge in [0.1, 0.15) is 15.8 Å². The van der Waals surface area contributed by atoms with Crippen LogP contribution in [0, 0.1) is 6.92 Å². The van der Waals surface area contributed by atoms with Crippen LogP contribution in [0.4, 0.5) is 5.82 Å². The van der Waals surface area contributed by atoms with Crippen molar-refractivity contribution in [3.8, 4) is 0 Å². The third kappa shape index (κ3) is 4.00. The van der Waals surface area contributed by atoms with Crippen molar-refractivity contribution in [3.05, 3.63) is 38.8 Å². The van der Waals surface area contributed by atoms with Crippen LogP contribution in [-0.4, -0.2) is 25.7 Å². The van der Waals surface area contributed by atoms with Crippen LogP contribution in [0.15, 0.2) is 6.08 Å². The number of hydrogen-bond acceptors (Lipinski definition) is 7. The van der Waals surface area contributed by atoms with E-state index in [0.717, 1.165) is 28.8 Å². The quantitative estimate of drug-likeness (QED) is 0.381. The number of anilines is 1. The van der Waals surface area contributed by atoms with Crippen LogP contribution < -0.4 is 5.73 Å². The molecule has 0 amide bonds. The Morgan fingerprint density at radius 2 is 2.10 bits per heavy atom. The van der Waals surface area contributed by atoms with Crippen molar-refractivity contribution in [2.45, 2.75) is 45.6 Å². The molecule has 29 heavy (non-hydrogen) atoms. The summed E-state index contributed by atoms with van der Waals surface area (Å²) in [4.78, 5) is 23.3. The Kier molecular flexibility index (Phi) is 5.56. The van der Waals surface area contributed by atoms with E-state index in [4.69, 9.17) is 22.1 Å². The number of carbonyl (C=O) groups excluding carboxylic acids is 1. The molecule has 0 bridgehead atoms. The largest absolute Gasteiger partial charge is 0.454 e. The highest BCUT2D eigenvalue weighted by Gasteiger charge is 2.19. The summed E-state index contributed by atoms with van der Waals surface area (Å²) in [5, 5.41) is 5.64. The lowest BCUT2D eigenvalue weighted by Crippen LogP contribution is -2.06. The van der Waals surface area contributed by atoms with Gasteiger partial charge in [0, 0.05) is 23.6 Å². The average Bonchev–Trinajstić information content (AvgIpc) is 3.03. The number of nitrogens with zero attached hydrogens (tertiary/aromatic N) is 4. The van der Waals surface area contributed by atoms with E-state index >= 15 is 0 Å². The second kappa shape index (κ2) is 8.12. The molecule has 2 N–H and O–H groups in total. The van der Waals surface area contributed by atoms with Gasteiger partial charge in [0.15, 0.2) is 12.4 Å². The van der Waals surface area contributed by atoms with Gasteiger partial charge < -0.3 is 10.5 Å². The fourth-order valence-electron chi connectivity index (χ4n) is 3.64. The SMILES string of the molecule is Cc1nn(C)c(Cl)c1/C=C/C(=O)OCc1nc(N)c2c3c(sc2n1)CCCCC3. The van der Waals surface area contributed by atoms with Gasteiger partial charge in [-0.15, -0.1) is 11.3 Å². The molecule has 0 saturated carbocycles. The predicted octanol–water partition coefficient (Wildman–Crippen LogP) is 3.99. The van der Waals surface area contributed by atoms with E-state index in [9.17, 15) is 4.79 Å². The molecule has 3 heterocycles. The van der Waals surface area contributed by atoms with Crippen LogP contribution in [0.1, 0.15) is 46.8 Å². The number of ether oxygens (including phenoxy) is 1. The zero-order chi connectivity index (χ0) is 20.5. The fourth-order valence-corrected chi connectivity index (χ4v) is 5.17. The third-order valence-corrected chi connectivity index (χ3v) is 6.70. The molecule has 4 rings (SSSR count). The molecule has 0 spiro atoms. The number of nitrogen functional groups attached to an aromatic ring is 1. The summed E-state index contributed by atoms with van der Waals surface area (Å²) in [7, 11) is 1.74. The Balaban J connectivity index is 1.48. The maximum atomic E-state index is 12.1. The number of nitrogens with two attached hydrogens (primary N) is 1. The molecule has 0 saturated heterocycles. The fraction of sp³-hybridized carbons (Fsp3) is 0.400. The molecule has 1 aliphatic rings. The van der Waals surface area contributed by atoms with Gasteiger partial charge in [-0.25, -0.2) is 14.8 Å². The number of hydrogen-bond donors (Lipinski definition) is 1. The number of fused-ring (bicyclic) bond motifs is 3. The number of carbonyl (C=O) groups is 1. The summed E-state index contributed by atoms with van der Waals surface area (Å²) >= 11 is 7.84. The number of rotatable bonds is 4. The van der Waals surface area contributed by atoms with Crippen LogP contribution >= 0.6 is 22.9 Å². The first-order valence-electron chi connectivity index (χ1n) is 9.54. The van der Waals surface area contributed by atoms with E-state index in [1.165, 1.54) is 35.8 Å². The van der Waals surface area contributed by atoms with Crippen molar-refractivity contribution in [2.24, 2.45) is 7.05 Å². The molecule has 9 heteroatoms. The van der Waals surface area contributed by atoms with E-state index in [0.29, 0.717) is 22.4 Å². The van der Waals surface area contributed by atoms with Crippen molar-refractivity contribution in [2.75, 3.05) is 5.73 Å². The van der Waals surface area contributed by atoms with Gasteiger partial charge in [0.2, 0.25) is 0 Å². The predicted molar refractivity (Wildman–Crippen MR) is 115 cm³/mol. The zero-order valence-electron chi connectivity index (χ0n) is 16.4. The molecule has 0 unspecified atom stereocenters. The maximum Gasteiger partial charge on any atom is 0.331 e. The van der Waals surface area contributed by atoms with Crippen LogP contribution in [0.3, 0.4) is 0 Å². The van der Waals surface area contributed by atoms with Gasteiger partial charge in [0.05, 0.1) is 11.1 Å². The molecule has 7 nitrogen and oxygen atoms in total. The van der Waals surface area contributed by atoms with E-state index in [1.54, 1.807) is 29.1 Å². The highest BCUT2D eigenvalue weighted by Crippen LogP contribution is 2.37. The Bertz CT molecular complexity index is 1120. The van der Waals surface area contributed by atoms with Crippen molar-refractivity contribution in [1.82, 2.24) is 19.7 Å². The molecule has 1 aliphatic carbocycles. The zero-order valence-corrected chi connectivity index (χ0v) is 17.9. The van der Waals surface area contributed by atoms with E-state index in [-0.39, 0.29) is 6.61 Å². The summed E-state index contributed by atoms with van der Waals surface area (Å²) in [6, 6.07) is 0. The first-order chi connectivity index (χ1) is 13.9. The third-order valence-electron chi connectivity index (χ3n) is 5.06. The standard InChI is InChI=1S/C20H22ClN5O2S/c1-11-12(18(21)26(2)25-11)8-9-16(27)28-10-15-23-19(22)17-13-6-4-3-5-7-14(13)29-20(17)24-15/h8-9H,3-7,10H2,1-2H3,(H2,22,23,24)/b9-8+. The molecular weight excluding hydrogens is 410 g/mol. The van der Waals surface area contributed by atoms with E-state index in [1.807, 2.05) is 6.92 Å². The topological polar surface area (TPSA) is 95.9 Å². The maximum absolute atomic E-state index is 12.1. The molecule has 0 radical (unpaired) electrons. The van der Waals surface area contributed by atoms with Crippen LogP contribution in [0.25, 0.3) is 16.3 Å². The molecule has 3 aromatic rings. The summed E-state index contributed by atoms with van der Waals surface area (Å²) in [6.07, 6.45) is 8.64. The highest BCUT2D eigenvalue weighted by molar-refractivity contribution is 7.19. The van der Waals surface area contributed by atoms with Gasteiger partial charge in [-0.2, -0.15) is 5.10 Å². The Labute approximate surface area is 177 Å². The van der Waals surface area contributed by atoms with E-state index in [2.05, 4.69) is 15.1 Å². The summed E-state index contributed by atoms with van der Waals surface area (Å²) in [5.41, 5.74) is 8.96. The average molecular weight is 432 g/mol. The van der Waals surface area contributed by atoms with Crippen molar-refractivity contribution in [3.63, 3.8) is 0 Å². The minimum absolute atomic E-state index is 0.0361. The molecule has 0 aromatic carbocycles. The number of thiophene rings is 1. The molecule has 152 valence electrons. The van der Waals surface area contributed by atoms with Gasteiger partial charge in [-0.3, -0.25) is 4.68 Å². The highest BCUT2D eigenvalue weighted by atomic mass is 35.5. The van der Waals surface area contributed by atoms with Crippen LogP contribution in [0.5, 0.6) is 0 Å². The first kappa shape index (κ1) is 19.8. The van der Waals surface area contributed by atoms with Crippen molar-refractivity contribution >= 4 is 51.0 Å². The molecule has 0 aliphatic heterocycles. The lowest BCUT2D eigenvalue weighted by molar-refractivity contribution is -0.139.